The van der Waals surface area contributed by atoms with Crippen molar-refractivity contribution in [3.63, 3.8) is 0 Å². The molecule has 0 spiro atoms. The summed E-state index contributed by atoms with van der Waals surface area (Å²) >= 11 is 4.89. The lowest BCUT2D eigenvalue weighted by atomic mass is 10.2. The van der Waals surface area contributed by atoms with E-state index in [0.29, 0.717) is 0 Å². The third kappa shape index (κ3) is 1.76. The van der Waals surface area contributed by atoms with Crippen LogP contribution in [0.15, 0.2) is 27.6 Å². The molecule has 0 atom stereocenters. The molecule has 1 nitrogen and oxygen atoms in total. The van der Waals surface area contributed by atoms with Gasteiger partial charge in [-0.3, -0.25) is 0 Å². The van der Waals surface area contributed by atoms with E-state index in [-0.39, 0.29) is 0 Å². The van der Waals surface area contributed by atoms with Crippen LogP contribution < -0.4 is 0 Å². The zero-order chi connectivity index (χ0) is 8.27. The summed E-state index contributed by atoms with van der Waals surface area (Å²) in [5, 5.41) is 8.74. The van der Waals surface area contributed by atoms with Crippen LogP contribution in [0.25, 0.3) is 0 Å². The van der Waals surface area contributed by atoms with E-state index < -0.39 is 0 Å². The van der Waals surface area contributed by atoms with Crippen LogP contribution in [0.4, 0.5) is 0 Å². The van der Waals surface area contributed by atoms with E-state index in [1.54, 1.807) is 11.8 Å². The molecule has 0 saturated heterocycles. The highest BCUT2D eigenvalue weighted by Gasteiger charge is 2.02. The second kappa shape index (κ2) is 3.80. The molecule has 0 saturated carbocycles. The zero-order valence-corrected chi connectivity index (χ0v) is 8.37. The second-order valence-electron chi connectivity index (χ2n) is 1.93. The van der Waals surface area contributed by atoms with E-state index in [1.807, 2.05) is 24.5 Å². The first-order valence-corrected chi connectivity index (χ1v) is 5.04. The van der Waals surface area contributed by atoms with Gasteiger partial charge in [0.1, 0.15) is 6.07 Å². The van der Waals surface area contributed by atoms with Crippen LogP contribution in [-0.2, 0) is 0 Å². The van der Waals surface area contributed by atoms with Crippen molar-refractivity contribution in [3.8, 4) is 6.07 Å². The minimum absolute atomic E-state index is 0.722. The first kappa shape index (κ1) is 8.63. The van der Waals surface area contributed by atoms with Crippen molar-refractivity contribution in [1.82, 2.24) is 0 Å². The van der Waals surface area contributed by atoms with Gasteiger partial charge in [-0.2, -0.15) is 5.26 Å². The third-order valence-corrected chi connectivity index (χ3v) is 2.75. The summed E-state index contributed by atoms with van der Waals surface area (Å²) in [6.07, 6.45) is 1.96. The molecule has 0 heterocycles. The van der Waals surface area contributed by atoms with Gasteiger partial charge in [0.15, 0.2) is 0 Å². The minimum atomic E-state index is 0.722. The standard InChI is InChI=1S/C8H6BrNS/c1-11-8-4-2-3-7(9)6(8)5-10/h2-4H,1H3. The predicted molar refractivity (Wildman–Crippen MR) is 50.6 cm³/mol. The van der Waals surface area contributed by atoms with E-state index in [2.05, 4.69) is 22.0 Å². The Balaban J connectivity index is 3.27. The molecular formula is C8H6BrNS. The molecule has 0 radical (unpaired) electrons. The third-order valence-electron chi connectivity index (χ3n) is 1.31. The van der Waals surface area contributed by atoms with E-state index in [9.17, 15) is 0 Å². The zero-order valence-electron chi connectivity index (χ0n) is 5.97. The first-order valence-electron chi connectivity index (χ1n) is 3.02. The molecule has 0 N–H and O–H groups in total. The fourth-order valence-electron chi connectivity index (χ4n) is 0.783. The van der Waals surface area contributed by atoms with Gasteiger partial charge >= 0.3 is 0 Å². The van der Waals surface area contributed by atoms with Gasteiger partial charge in [0.05, 0.1) is 5.56 Å². The summed E-state index contributed by atoms with van der Waals surface area (Å²) in [6, 6.07) is 7.89. The topological polar surface area (TPSA) is 23.8 Å². The predicted octanol–water partition coefficient (Wildman–Crippen LogP) is 3.04. The summed E-state index contributed by atoms with van der Waals surface area (Å²) in [4.78, 5) is 1.02. The maximum Gasteiger partial charge on any atom is 0.101 e. The highest BCUT2D eigenvalue weighted by Crippen LogP contribution is 2.25. The molecule has 0 aliphatic carbocycles. The molecule has 56 valence electrons. The normalized spacial score (nSPS) is 9.18. The van der Waals surface area contributed by atoms with E-state index >= 15 is 0 Å². The molecule has 0 fully saturated rings. The number of thioether (sulfide) groups is 1. The second-order valence-corrected chi connectivity index (χ2v) is 3.63. The molecule has 1 aromatic rings. The smallest absolute Gasteiger partial charge is 0.101 e. The summed E-state index contributed by atoms with van der Waals surface area (Å²) < 4.78 is 0.867. The molecule has 1 aromatic carbocycles. The molecule has 0 aliphatic heterocycles. The van der Waals surface area contributed by atoms with Gasteiger partial charge in [-0.15, -0.1) is 11.8 Å². The quantitative estimate of drug-likeness (QED) is 0.689. The van der Waals surface area contributed by atoms with Crippen molar-refractivity contribution in [2.24, 2.45) is 0 Å². The lowest BCUT2D eigenvalue weighted by Crippen LogP contribution is -1.80. The molecule has 1 rings (SSSR count). The fourth-order valence-corrected chi connectivity index (χ4v) is 1.94. The highest BCUT2D eigenvalue weighted by molar-refractivity contribution is 9.10. The van der Waals surface area contributed by atoms with Crippen molar-refractivity contribution in [2.75, 3.05) is 6.26 Å². The van der Waals surface area contributed by atoms with Gasteiger partial charge in [0.2, 0.25) is 0 Å². The maximum atomic E-state index is 8.74. The number of nitriles is 1. The highest BCUT2D eigenvalue weighted by atomic mass is 79.9. The van der Waals surface area contributed by atoms with Crippen LogP contribution in [0.5, 0.6) is 0 Å². The summed E-state index contributed by atoms with van der Waals surface area (Å²) in [5.74, 6) is 0. The van der Waals surface area contributed by atoms with Crippen molar-refractivity contribution in [1.29, 1.82) is 5.26 Å². The number of nitrogens with zero attached hydrogens (tertiary/aromatic N) is 1. The molecule has 0 unspecified atom stereocenters. The Morgan fingerprint density at radius 1 is 1.55 bits per heavy atom. The molecule has 0 aliphatic rings. The van der Waals surface area contributed by atoms with Crippen LogP contribution in [0, 0.1) is 11.3 Å². The SMILES string of the molecule is CSc1cccc(Br)c1C#N. The number of hydrogen-bond donors (Lipinski definition) is 0. The largest absolute Gasteiger partial charge is 0.192 e. The average molecular weight is 228 g/mol. The number of benzene rings is 1. The average Bonchev–Trinajstić information content (AvgIpc) is 2.04. The lowest BCUT2D eigenvalue weighted by molar-refractivity contribution is 1.35. The molecule has 0 bridgehead atoms. The Morgan fingerprint density at radius 2 is 2.27 bits per heavy atom. The van der Waals surface area contributed by atoms with Gasteiger partial charge in [0, 0.05) is 9.37 Å². The summed E-state index contributed by atoms with van der Waals surface area (Å²) in [7, 11) is 0. The minimum Gasteiger partial charge on any atom is -0.192 e. The summed E-state index contributed by atoms with van der Waals surface area (Å²) in [5.41, 5.74) is 0.722. The Kier molecular flexibility index (Phi) is 2.98. The lowest BCUT2D eigenvalue weighted by Gasteiger charge is -1.99. The van der Waals surface area contributed by atoms with Crippen molar-refractivity contribution in [2.45, 2.75) is 4.90 Å². The van der Waals surface area contributed by atoms with E-state index in [1.165, 1.54) is 0 Å². The number of rotatable bonds is 1. The van der Waals surface area contributed by atoms with Gasteiger partial charge in [-0.05, 0) is 34.3 Å². The van der Waals surface area contributed by atoms with Crippen LogP contribution in [0.2, 0.25) is 0 Å². The van der Waals surface area contributed by atoms with Gasteiger partial charge in [-0.1, -0.05) is 6.07 Å². The van der Waals surface area contributed by atoms with Crippen LogP contribution in [0.1, 0.15) is 5.56 Å². The van der Waals surface area contributed by atoms with E-state index in [4.69, 9.17) is 5.26 Å². The van der Waals surface area contributed by atoms with Crippen molar-refractivity contribution >= 4 is 27.7 Å². The molecule has 0 aromatic heterocycles. The molecular weight excluding hydrogens is 222 g/mol. The number of halogens is 1. The van der Waals surface area contributed by atoms with Crippen molar-refractivity contribution < 1.29 is 0 Å². The first-order chi connectivity index (χ1) is 5.29. The van der Waals surface area contributed by atoms with Gasteiger partial charge in [0.25, 0.3) is 0 Å². The number of hydrogen-bond acceptors (Lipinski definition) is 2. The molecule has 3 heteroatoms. The maximum absolute atomic E-state index is 8.74. The fraction of sp³-hybridized carbons (Fsp3) is 0.125. The summed E-state index contributed by atoms with van der Waals surface area (Å²) in [6.45, 7) is 0. The van der Waals surface area contributed by atoms with Crippen LogP contribution >= 0.6 is 27.7 Å². The van der Waals surface area contributed by atoms with Crippen LogP contribution in [0.3, 0.4) is 0 Å². The molecule has 11 heavy (non-hydrogen) atoms. The Labute approximate surface area is 78.5 Å². The Hall–Kier alpha value is -0.460. The van der Waals surface area contributed by atoms with E-state index in [0.717, 1.165) is 14.9 Å². The monoisotopic (exact) mass is 227 g/mol. The van der Waals surface area contributed by atoms with Crippen LogP contribution in [-0.4, -0.2) is 6.26 Å². The Morgan fingerprint density at radius 3 is 2.73 bits per heavy atom. The van der Waals surface area contributed by atoms with Gasteiger partial charge < -0.3 is 0 Å². The molecule has 0 amide bonds. The van der Waals surface area contributed by atoms with Crippen molar-refractivity contribution in [3.05, 3.63) is 28.2 Å². The van der Waals surface area contributed by atoms with Gasteiger partial charge in [-0.25, -0.2) is 0 Å². The Bertz CT molecular complexity index is 303.